The molecular weight excluding hydrogens is 194 g/mol. The molecule has 1 heterocycles. The summed E-state index contributed by atoms with van der Waals surface area (Å²) in [4.78, 5) is 24.3. The molecule has 15 heavy (non-hydrogen) atoms. The fourth-order valence-electron chi connectivity index (χ4n) is 1.93. The fraction of sp³-hybridized carbons (Fsp3) is 0.273. The van der Waals surface area contributed by atoms with E-state index in [1.165, 1.54) is 13.8 Å². The highest BCUT2D eigenvalue weighted by molar-refractivity contribution is 6.18. The monoisotopic (exact) mass is 205 g/mol. The lowest BCUT2D eigenvalue weighted by Crippen LogP contribution is -2.50. The number of Topliss-reactive ketones (excluding diaryl/α,β-unsaturated/α-hetero) is 1. The van der Waals surface area contributed by atoms with Gasteiger partial charge in [-0.2, -0.15) is 0 Å². The zero-order valence-electron chi connectivity index (χ0n) is 8.52. The number of rotatable bonds is 0. The smallest absolute Gasteiger partial charge is 0.226 e. The van der Waals surface area contributed by atoms with Gasteiger partial charge in [0.05, 0.1) is 5.69 Å². The molecule has 0 bridgehead atoms. The third kappa shape index (κ3) is 1.18. The highest BCUT2D eigenvalue weighted by Crippen LogP contribution is 2.36. The van der Waals surface area contributed by atoms with Crippen LogP contribution in [-0.2, 0) is 4.79 Å². The van der Waals surface area contributed by atoms with Crippen molar-refractivity contribution in [3.8, 4) is 0 Å². The first-order chi connectivity index (χ1) is 6.96. The van der Waals surface area contributed by atoms with Gasteiger partial charge in [0.2, 0.25) is 17.4 Å². The summed E-state index contributed by atoms with van der Waals surface area (Å²) in [5.74, 6) is -0.786. The lowest BCUT2D eigenvalue weighted by Gasteiger charge is -2.27. The number of fused-ring (bicyclic) bond motifs is 1. The van der Waals surface area contributed by atoms with Crippen LogP contribution in [0.1, 0.15) is 24.2 Å². The summed E-state index contributed by atoms with van der Waals surface area (Å²) in [6.07, 6.45) is 0. The van der Waals surface area contributed by atoms with Gasteiger partial charge >= 0.3 is 0 Å². The maximum Gasteiger partial charge on any atom is 0.226 e. The summed E-state index contributed by atoms with van der Waals surface area (Å²) in [5.41, 5.74) is -0.895. The van der Waals surface area contributed by atoms with E-state index in [1.807, 2.05) is 0 Å². The van der Waals surface area contributed by atoms with E-state index in [4.69, 9.17) is 0 Å². The predicted molar refractivity (Wildman–Crippen MR) is 54.6 cm³/mol. The summed E-state index contributed by atoms with van der Waals surface area (Å²) in [7, 11) is 0. The van der Waals surface area contributed by atoms with Crippen molar-refractivity contribution in [2.24, 2.45) is 0 Å². The molecule has 0 aliphatic carbocycles. The number of carbonyl (C=O) groups excluding carboxylic acids is 2. The summed E-state index contributed by atoms with van der Waals surface area (Å²) >= 11 is 0. The van der Waals surface area contributed by atoms with E-state index in [-0.39, 0.29) is 5.91 Å². The van der Waals surface area contributed by atoms with Gasteiger partial charge in [0.15, 0.2) is 0 Å². The Morgan fingerprint density at radius 1 is 1.40 bits per heavy atom. The molecule has 78 valence electrons. The predicted octanol–water partition coefficient (Wildman–Crippen LogP) is 0.944. The Bertz CT molecular complexity index is 451. The topological polar surface area (TPSA) is 57.6 Å². The third-order valence-electron chi connectivity index (χ3n) is 2.57. The van der Waals surface area contributed by atoms with Crippen molar-refractivity contribution in [1.82, 2.24) is 0 Å². The second kappa shape index (κ2) is 2.90. The normalized spacial score (nSPS) is 24.2. The van der Waals surface area contributed by atoms with Crippen molar-refractivity contribution in [1.29, 1.82) is 0 Å². The molecule has 0 saturated carbocycles. The number of hydrogen-bond acceptors (Lipinski definition) is 3. The molecule has 0 radical (unpaired) electrons. The van der Waals surface area contributed by atoms with Gasteiger partial charge in [0, 0.05) is 12.5 Å². The molecule has 1 aromatic carbocycles. The first kappa shape index (κ1) is 9.86. The van der Waals surface area contributed by atoms with Crippen molar-refractivity contribution < 1.29 is 14.7 Å². The molecule has 0 fully saturated rings. The average molecular weight is 205 g/mol. The van der Waals surface area contributed by atoms with E-state index in [0.717, 1.165) is 4.90 Å². The van der Waals surface area contributed by atoms with Crippen molar-refractivity contribution in [2.45, 2.75) is 19.6 Å². The number of ketones is 1. The van der Waals surface area contributed by atoms with Crippen molar-refractivity contribution in [3.63, 3.8) is 0 Å². The minimum atomic E-state index is -1.75. The maximum absolute atomic E-state index is 11.8. The van der Waals surface area contributed by atoms with Gasteiger partial charge < -0.3 is 5.11 Å². The van der Waals surface area contributed by atoms with Crippen LogP contribution >= 0.6 is 0 Å². The van der Waals surface area contributed by atoms with Crippen LogP contribution in [0.5, 0.6) is 0 Å². The highest BCUT2D eigenvalue weighted by atomic mass is 16.3. The van der Waals surface area contributed by atoms with Crippen LogP contribution in [0, 0.1) is 0 Å². The highest BCUT2D eigenvalue weighted by Gasteiger charge is 2.48. The van der Waals surface area contributed by atoms with Gasteiger partial charge in [-0.05, 0) is 19.1 Å². The maximum atomic E-state index is 11.8. The van der Waals surface area contributed by atoms with Crippen LogP contribution in [0.15, 0.2) is 24.3 Å². The quantitative estimate of drug-likeness (QED) is 0.685. The molecule has 1 aromatic rings. The molecule has 0 saturated heterocycles. The van der Waals surface area contributed by atoms with E-state index in [2.05, 4.69) is 0 Å². The summed E-state index contributed by atoms with van der Waals surface area (Å²) < 4.78 is 0. The number of anilines is 1. The number of carbonyl (C=O) groups is 2. The average Bonchev–Trinajstić information content (AvgIpc) is 2.35. The van der Waals surface area contributed by atoms with Crippen LogP contribution in [0.25, 0.3) is 0 Å². The molecule has 1 atom stereocenters. The number of benzene rings is 1. The molecule has 0 unspecified atom stereocenters. The van der Waals surface area contributed by atoms with Gasteiger partial charge in [0.1, 0.15) is 0 Å². The van der Waals surface area contributed by atoms with Crippen LogP contribution in [0.3, 0.4) is 0 Å². The Morgan fingerprint density at radius 3 is 2.60 bits per heavy atom. The molecule has 1 aliphatic rings. The Labute approximate surface area is 87.1 Å². The Balaban J connectivity index is 2.67. The molecule has 4 heteroatoms. The second-order valence-electron chi connectivity index (χ2n) is 3.72. The second-order valence-corrected chi connectivity index (χ2v) is 3.72. The first-order valence-electron chi connectivity index (χ1n) is 4.63. The van der Waals surface area contributed by atoms with E-state index in [9.17, 15) is 14.7 Å². The SMILES string of the molecule is CC(=O)N1c2ccccc2C(=O)[C@@]1(C)O. The van der Waals surface area contributed by atoms with Crippen LogP contribution in [-0.4, -0.2) is 22.5 Å². The van der Waals surface area contributed by atoms with E-state index < -0.39 is 11.5 Å². The van der Waals surface area contributed by atoms with Crippen molar-refractivity contribution in [3.05, 3.63) is 29.8 Å². The molecule has 1 amide bonds. The number of aliphatic hydroxyl groups is 1. The van der Waals surface area contributed by atoms with Gasteiger partial charge in [-0.25, -0.2) is 0 Å². The van der Waals surface area contributed by atoms with E-state index in [1.54, 1.807) is 24.3 Å². The third-order valence-corrected chi connectivity index (χ3v) is 2.57. The van der Waals surface area contributed by atoms with Crippen LogP contribution in [0.4, 0.5) is 5.69 Å². The minimum Gasteiger partial charge on any atom is -0.364 e. The number of nitrogens with zero attached hydrogens (tertiary/aromatic N) is 1. The van der Waals surface area contributed by atoms with Crippen molar-refractivity contribution in [2.75, 3.05) is 4.90 Å². The molecule has 1 N–H and O–H groups in total. The van der Waals surface area contributed by atoms with Crippen molar-refractivity contribution >= 4 is 17.4 Å². The summed E-state index contributed by atoms with van der Waals surface area (Å²) in [5, 5.41) is 9.97. The van der Waals surface area contributed by atoms with Gasteiger partial charge in [-0.1, -0.05) is 12.1 Å². The summed E-state index contributed by atoms with van der Waals surface area (Å²) in [6, 6.07) is 6.69. The molecule has 1 aliphatic heterocycles. The van der Waals surface area contributed by atoms with E-state index in [0.29, 0.717) is 11.3 Å². The molecule has 0 spiro atoms. The lowest BCUT2D eigenvalue weighted by molar-refractivity contribution is -0.119. The number of amides is 1. The standard InChI is InChI=1S/C11H11NO3/c1-7(13)12-9-6-4-3-5-8(9)10(14)11(12,2)15/h3-6,15H,1-2H3/t11-/m1/s1. The molecule has 2 rings (SSSR count). The first-order valence-corrected chi connectivity index (χ1v) is 4.63. The van der Waals surface area contributed by atoms with Crippen LogP contribution < -0.4 is 4.90 Å². The molecular formula is C11H11NO3. The van der Waals surface area contributed by atoms with Gasteiger partial charge in [-0.15, -0.1) is 0 Å². The molecule has 0 aromatic heterocycles. The largest absolute Gasteiger partial charge is 0.364 e. The Kier molecular flexibility index (Phi) is 1.91. The zero-order chi connectivity index (χ0) is 11.2. The Morgan fingerprint density at radius 2 is 2.00 bits per heavy atom. The lowest BCUT2D eigenvalue weighted by atomic mass is 10.1. The van der Waals surface area contributed by atoms with Crippen LogP contribution in [0.2, 0.25) is 0 Å². The number of para-hydroxylation sites is 1. The Hall–Kier alpha value is -1.68. The number of hydrogen-bond donors (Lipinski definition) is 1. The van der Waals surface area contributed by atoms with Gasteiger partial charge in [0.25, 0.3) is 0 Å². The molecule has 4 nitrogen and oxygen atoms in total. The summed E-state index contributed by atoms with van der Waals surface area (Å²) in [6.45, 7) is 2.65. The minimum absolute atomic E-state index is 0.349. The fourth-order valence-corrected chi connectivity index (χ4v) is 1.93. The van der Waals surface area contributed by atoms with E-state index >= 15 is 0 Å². The zero-order valence-corrected chi connectivity index (χ0v) is 8.52. The van der Waals surface area contributed by atoms with Gasteiger partial charge in [-0.3, -0.25) is 14.5 Å².